The second kappa shape index (κ2) is 4.78. The maximum atomic E-state index is 9.07. The Morgan fingerprint density at radius 3 is 2.59 bits per heavy atom. The van der Waals surface area contributed by atoms with Crippen LogP contribution in [0.3, 0.4) is 0 Å². The number of nitrogens with one attached hydrogen (secondary N) is 1. The average molecular weight is 266 g/mol. The van der Waals surface area contributed by atoms with Crippen molar-refractivity contribution in [1.82, 2.24) is 0 Å². The SMILES string of the molecule is N#C[C@@H]1C(=N)S/C(=N/O)[C@@H]1c1ccc(Cl)cc1. The van der Waals surface area contributed by atoms with Gasteiger partial charge < -0.3 is 5.21 Å². The summed E-state index contributed by atoms with van der Waals surface area (Å²) in [4.78, 5) is 0. The van der Waals surface area contributed by atoms with Crippen molar-refractivity contribution in [3.63, 3.8) is 0 Å². The number of nitriles is 1. The van der Waals surface area contributed by atoms with Gasteiger partial charge in [-0.2, -0.15) is 5.26 Å². The molecule has 1 aromatic rings. The molecule has 2 atom stereocenters. The summed E-state index contributed by atoms with van der Waals surface area (Å²) in [6.07, 6.45) is 0. The van der Waals surface area contributed by atoms with Gasteiger partial charge in [0.2, 0.25) is 0 Å². The molecule has 1 heterocycles. The minimum absolute atomic E-state index is 0.209. The molecule has 0 unspecified atom stereocenters. The Labute approximate surface area is 107 Å². The Kier molecular flexibility index (Phi) is 3.36. The first-order chi connectivity index (χ1) is 8.17. The molecule has 1 aliphatic heterocycles. The summed E-state index contributed by atoms with van der Waals surface area (Å²) in [6.45, 7) is 0. The van der Waals surface area contributed by atoms with E-state index >= 15 is 0 Å². The molecule has 0 saturated carbocycles. The molecule has 17 heavy (non-hydrogen) atoms. The molecule has 1 aliphatic rings. The van der Waals surface area contributed by atoms with Crippen LogP contribution < -0.4 is 0 Å². The zero-order valence-corrected chi connectivity index (χ0v) is 10.2. The fourth-order valence-electron chi connectivity index (χ4n) is 1.75. The molecule has 6 heteroatoms. The normalized spacial score (nSPS) is 26.1. The molecule has 0 aliphatic carbocycles. The molecule has 2 rings (SSSR count). The first kappa shape index (κ1) is 12.0. The predicted molar refractivity (Wildman–Crippen MR) is 67.8 cm³/mol. The monoisotopic (exact) mass is 265 g/mol. The van der Waals surface area contributed by atoms with E-state index in [1.165, 1.54) is 0 Å². The van der Waals surface area contributed by atoms with Crippen molar-refractivity contribution < 1.29 is 5.21 Å². The Bertz CT molecular complexity index is 521. The van der Waals surface area contributed by atoms with Crippen molar-refractivity contribution in [2.24, 2.45) is 11.1 Å². The molecular formula is C11H8ClN3OS. The summed E-state index contributed by atoms with van der Waals surface area (Å²) in [5.41, 5.74) is 0.823. The van der Waals surface area contributed by atoms with Crippen molar-refractivity contribution in [3.8, 4) is 6.07 Å². The minimum atomic E-state index is -0.591. The number of rotatable bonds is 1. The van der Waals surface area contributed by atoms with Gasteiger partial charge in [0, 0.05) is 5.02 Å². The number of oxime groups is 1. The average Bonchev–Trinajstić information content (AvgIpc) is 2.66. The van der Waals surface area contributed by atoms with Crippen LogP contribution in [0.1, 0.15) is 11.5 Å². The molecular weight excluding hydrogens is 258 g/mol. The van der Waals surface area contributed by atoms with Gasteiger partial charge in [-0.3, -0.25) is 5.41 Å². The molecule has 1 fully saturated rings. The zero-order valence-electron chi connectivity index (χ0n) is 8.59. The number of hydrogen-bond acceptors (Lipinski definition) is 5. The summed E-state index contributed by atoms with van der Waals surface area (Å²) >= 11 is 6.83. The van der Waals surface area contributed by atoms with Gasteiger partial charge in [0.05, 0.1) is 17.0 Å². The third-order valence-electron chi connectivity index (χ3n) is 2.56. The van der Waals surface area contributed by atoms with Gasteiger partial charge in [0.1, 0.15) is 11.0 Å². The largest absolute Gasteiger partial charge is 0.410 e. The molecule has 2 N–H and O–H groups in total. The van der Waals surface area contributed by atoms with E-state index in [4.69, 9.17) is 27.5 Å². The lowest BCUT2D eigenvalue weighted by atomic mass is 9.89. The molecule has 0 amide bonds. The van der Waals surface area contributed by atoms with Gasteiger partial charge >= 0.3 is 0 Å². The Morgan fingerprint density at radius 2 is 2.06 bits per heavy atom. The molecule has 0 spiro atoms. The topological polar surface area (TPSA) is 80.2 Å². The summed E-state index contributed by atoms with van der Waals surface area (Å²) < 4.78 is 0. The lowest BCUT2D eigenvalue weighted by Crippen LogP contribution is -2.13. The molecule has 4 nitrogen and oxygen atoms in total. The Balaban J connectivity index is 2.44. The van der Waals surface area contributed by atoms with E-state index in [-0.39, 0.29) is 11.0 Å². The number of benzene rings is 1. The van der Waals surface area contributed by atoms with Gasteiger partial charge in [-0.25, -0.2) is 0 Å². The Hall–Kier alpha value is -1.51. The van der Waals surface area contributed by atoms with Crippen LogP contribution in [0, 0.1) is 22.7 Å². The highest BCUT2D eigenvalue weighted by Gasteiger charge is 2.40. The fourth-order valence-corrected chi connectivity index (χ4v) is 2.86. The number of halogens is 1. The van der Waals surface area contributed by atoms with Crippen LogP contribution in [-0.4, -0.2) is 15.3 Å². The van der Waals surface area contributed by atoms with E-state index in [0.717, 1.165) is 17.3 Å². The summed E-state index contributed by atoms with van der Waals surface area (Å²) in [5.74, 6) is -0.966. The van der Waals surface area contributed by atoms with Crippen molar-refractivity contribution in [2.45, 2.75) is 5.92 Å². The van der Waals surface area contributed by atoms with Crippen LogP contribution in [0.5, 0.6) is 0 Å². The predicted octanol–water partition coefficient (Wildman–Crippen LogP) is 3.08. The van der Waals surface area contributed by atoms with Crippen LogP contribution in [0.25, 0.3) is 0 Å². The third kappa shape index (κ3) is 2.14. The molecule has 86 valence electrons. The lowest BCUT2D eigenvalue weighted by Gasteiger charge is -2.12. The van der Waals surface area contributed by atoms with Gasteiger partial charge in [-0.15, -0.1) is 0 Å². The van der Waals surface area contributed by atoms with E-state index in [9.17, 15) is 0 Å². The van der Waals surface area contributed by atoms with E-state index < -0.39 is 5.92 Å². The standard InChI is InChI=1S/C11H8ClN3OS/c12-7-3-1-6(2-4-7)9-8(5-13)10(14)17-11(9)15-16/h1-4,8-9,14,16H/b14-10?,15-11+/t8-,9+/m0/s1. The quantitative estimate of drug-likeness (QED) is 0.605. The zero-order chi connectivity index (χ0) is 12.4. The van der Waals surface area contributed by atoms with E-state index in [1.807, 2.05) is 0 Å². The van der Waals surface area contributed by atoms with Crippen molar-refractivity contribution in [3.05, 3.63) is 34.9 Å². The first-order valence-corrected chi connectivity index (χ1v) is 6.00. The highest BCUT2D eigenvalue weighted by atomic mass is 35.5. The molecule has 0 bridgehead atoms. The van der Waals surface area contributed by atoms with Gasteiger partial charge in [-0.05, 0) is 17.7 Å². The van der Waals surface area contributed by atoms with Crippen molar-refractivity contribution in [2.75, 3.05) is 0 Å². The molecule has 1 saturated heterocycles. The minimum Gasteiger partial charge on any atom is -0.410 e. The van der Waals surface area contributed by atoms with E-state index in [2.05, 4.69) is 11.2 Å². The fraction of sp³-hybridized carbons (Fsp3) is 0.182. The second-order valence-electron chi connectivity index (χ2n) is 3.54. The van der Waals surface area contributed by atoms with E-state index in [1.54, 1.807) is 24.3 Å². The summed E-state index contributed by atoms with van der Waals surface area (Å²) in [7, 11) is 0. The third-order valence-corrected chi connectivity index (χ3v) is 3.83. The lowest BCUT2D eigenvalue weighted by molar-refractivity contribution is 0.318. The van der Waals surface area contributed by atoms with Crippen LogP contribution in [0.4, 0.5) is 0 Å². The first-order valence-electron chi connectivity index (χ1n) is 4.80. The number of nitrogens with zero attached hydrogens (tertiary/aromatic N) is 2. The highest BCUT2D eigenvalue weighted by Crippen LogP contribution is 2.41. The molecule has 0 aromatic heterocycles. The molecule has 0 radical (unpaired) electrons. The highest BCUT2D eigenvalue weighted by molar-refractivity contribution is 8.27. The smallest absolute Gasteiger partial charge is 0.128 e. The van der Waals surface area contributed by atoms with Crippen LogP contribution >= 0.6 is 23.4 Å². The Morgan fingerprint density at radius 1 is 1.41 bits per heavy atom. The van der Waals surface area contributed by atoms with Crippen molar-refractivity contribution in [1.29, 1.82) is 10.7 Å². The maximum Gasteiger partial charge on any atom is 0.128 e. The molecule has 1 aromatic carbocycles. The van der Waals surface area contributed by atoms with Gasteiger partial charge in [-0.1, -0.05) is 40.7 Å². The van der Waals surface area contributed by atoms with Crippen LogP contribution in [-0.2, 0) is 0 Å². The van der Waals surface area contributed by atoms with Gasteiger partial charge in [0.25, 0.3) is 0 Å². The summed E-state index contributed by atoms with van der Waals surface area (Å²) in [5, 5.41) is 30.0. The van der Waals surface area contributed by atoms with Crippen molar-refractivity contribution >= 4 is 33.5 Å². The number of hydrogen-bond donors (Lipinski definition) is 2. The van der Waals surface area contributed by atoms with Crippen LogP contribution in [0.2, 0.25) is 5.02 Å². The number of thioether (sulfide) groups is 1. The van der Waals surface area contributed by atoms with Gasteiger partial charge in [0.15, 0.2) is 0 Å². The maximum absolute atomic E-state index is 9.07. The summed E-state index contributed by atoms with van der Waals surface area (Å²) in [6, 6.07) is 9.06. The second-order valence-corrected chi connectivity index (χ2v) is 5.04. The van der Waals surface area contributed by atoms with Crippen LogP contribution in [0.15, 0.2) is 29.4 Å². The van der Waals surface area contributed by atoms with E-state index in [0.29, 0.717) is 10.1 Å².